The highest BCUT2D eigenvalue weighted by molar-refractivity contribution is 5.95. The van der Waals surface area contributed by atoms with Gasteiger partial charge in [0.25, 0.3) is 11.8 Å². The monoisotopic (exact) mass is 529 g/mol. The minimum atomic E-state index is -4.76. The number of nitrogens with two attached hydrogens (primary N) is 1. The summed E-state index contributed by atoms with van der Waals surface area (Å²) in [6, 6.07) is 15.0. The Morgan fingerprint density at radius 2 is 1.84 bits per heavy atom. The number of alkyl halides is 3. The summed E-state index contributed by atoms with van der Waals surface area (Å²) in [4.78, 5) is 21.6. The van der Waals surface area contributed by atoms with E-state index in [0.717, 1.165) is 12.0 Å². The van der Waals surface area contributed by atoms with Crippen molar-refractivity contribution in [3.63, 3.8) is 0 Å². The van der Waals surface area contributed by atoms with Crippen LogP contribution in [0.25, 0.3) is 11.5 Å². The number of aryl methyl sites for hydroxylation is 1. The summed E-state index contributed by atoms with van der Waals surface area (Å²) < 4.78 is 42.3. The lowest BCUT2D eigenvalue weighted by Gasteiger charge is -2.14. The summed E-state index contributed by atoms with van der Waals surface area (Å²) in [7, 11) is 3.32. The van der Waals surface area contributed by atoms with Gasteiger partial charge in [0.2, 0.25) is 5.95 Å². The molecular weight excluding hydrogens is 503 g/mol. The highest BCUT2D eigenvalue weighted by Crippen LogP contribution is 2.31. The topological polar surface area (TPSA) is 143 Å². The van der Waals surface area contributed by atoms with Gasteiger partial charge in [-0.25, -0.2) is 4.98 Å². The number of hydrogen-bond donors (Lipinski definition) is 3. The SMILES string of the molecule is Cc1cc(Nc2ncc(-c3nnc(C(F)(F)F)o3)c(N)n2)ccc1C(=O)N(C)C.OCCc1ccccc1. The van der Waals surface area contributed by atoms with Crippen molar-refractivity contribution in [2.24, 2.45) is 0 Å². The molecule has 0 aliphatic carbocycles. The normalized spacial score (nSPS) is 10.9. The Hall–Kier alpha value is -4.52. The van der Waals surface area contributed by atoms with Crippen molar-refractivity contribution in [2.45, 2.75) is 19.5 Å². The fourth-order valence-electron chi connectivity index (χ4n) is 3.19. The van der Waals surface area contributed by atoms with Crippen LogP contribution in [0.5, 0.6) is 0 Å². The molecule has 0 fully saturated rings. The van der Waals surface area contributed by atoms with Gasteiger partial charge in [0, 0.05) is 38.1 Å². The number of nitrogens with zero attached hydrogens (tertiary/aromatic N) is 5. The molecule has 0 spiro atoms. The molecule has 2 aromatic heterocycles. The lowest BCUT2D eigenvalue weighted by atomic mass is 10.1. The number of amides is 1. The van der Waals surface area contributed by atoms with Crippen LogP contribution in [0.3, 0.4) is 0 Å². The number of aromatic nitrogens is 4. The first-order valence-corrected chi connectivity index (χ1v) is 11.3. The van der Waals surface area contributed by atoms with Crippen molar-refractivity contribution < 1.29 is 27.5 Å². The second-order valence-electron chi connectivity index (χ2n) is 8.22. The maximum atomic E-state index is 12.6. The molecule has 0 bridgehead atoms. The van der Waals surface area contributed by atoms with E-state index in [4.69, 9.17) is 10.8 Å². The Kier molecular flexibility index (Phi) is 8.97. The summed E-state index contributed by atoms with van der Waals surface area (Å²) in [5.41, 5.74) is 8.86. The quantitative estimate of drug-likeness (QED) is 0.336. The molecule has 4 N–H and O–H groups in total. The predicted octanol–water partition coefficient (Wildman–Crippen LogP) is 4.10. The van der Waals surface area contributed by atoms with Crippen molar-refractivity contribution in [3.05, 3.63) is 77.3 Å². The smallest absolute Gasteiger partial charge is 0.412 e. The molecule has 0 unspecified atom stereocenters. The van der Waals surface area contributed by atoms with E-state index in [-0.39, 0.29) is 29.8 Å². The molecule has 0 saturated carbocycles. The standard InChI is InChI=1S/C17H16F3N7O2.C8H10O/c1-8-6-9(4-5-10(8)14(28)27(2)3)23-16-22-7-11(12(21)24-16)13-25-26-15(29-13)17(18,19)20;9-7-6-8-4-2-1-3-5-8/h4-7H,1-3H3,(H3,21,22,23,24);1-5,9H,6-7H2. The minimum Gasteiger partial charge on any atom is -0.412 e. The van der Waals surface area contributed by atoms with Crippen molar-refractivity contribution in [2.75, 3.05) is 31.8 Å². The van der Waals surface area contributed by atoms with E-state index in [1.807, 2.05) is 30.3 Å². The van der Waals surface area contributed by atoms with Crippen molar-refractivity contribution >= 4 is 23.4 Å². The Morgan fingerprint density at radius 3 is 2.39 bits per heavy atom. The van der Waals surface area contributed by atoms with E-state index in [9.17, 15) is 18.0 Å². The van der Waals surface area contributed by atoms with Crippen molar-refractivity contribution in [1.29, 1.82) is 0 Å². The number of nitrogens with one attached hydrogen (secondary N) is 1. The molecule has 2 heterocycles. The molecule has 4 rings (SSSR count). The van der Waals surface area contributed by atoms with Crippen LogP contribution in [0.2, 0.25) is 0 Å². The van der Waals surface area contributed by atoms with E-state index in [2.05, 4.69) is 29.9 Å². The van der Waals surface area contributed by atoms with Crippen LogP contribution in [-0.2, 0) is 12.6 Å². The number of nitrogen functional groups attached to an aromatic ring is 1. The first-order valence-electron chi connectivity index (χ1n) is 11.3. The van der Waals surface area contributed by atoms with E-state index in [0.29, 0.717) is 11.3 Å². The van der Waals surface area contributed by atoms with Gasteiger partial charge in [-0.2, -0.15) is 18.2 Å². The summed E-state index contributed by atoms with van der Waals surface area (Å²) >= 11 is 0. The van der Waals surface area contributed by atoms with Crippen molar-refractivity contribution in [3.8, 4) is 11.5 Å². The number of benzene rings is 2. The molecule has 2 aromatic carbocycles. The number of carbonyl (C=O) groups excluding carboxylic acids is 1. The largest absolute Gasteiger partial charge is 0.470 e. The average molecular weight is 530 g/mol. The third-order valence-electron chi connectivity index (χ3n) is 5.08. The zero-order valence-electron chi connectivity index (χ0n) is 20.8. The van der Waals surface area contributed by atoms with Gasteiger partial charge in [-0.3, -0.25) is 4.79 Å². The van der Waals surface area contributed by atoms with Gasteiger partial charge in [-0.05, 0) is 42.7 Å². The number of rotatable bonds is 6. The molecule has 0 atom stereocenters. The first kappa shape index (κ1) is 28.1. The van der Waals surface area contributed by atoms with Crippen LogP contribution in [0.15, 0.2) is 59.1 Å². The van der Waals surface area contributed by atoms with Gasteiger partial charge in [-0.1, -0.05) is 30.3 Å². The zero-order chi connectivity index (χ0) is 27.9. The Bertz CT molecular complexity index is 1380. The highest BCUT2D eigenvalue weighted by atomic mass is 19.4. The number of aliphatic hydroxyl groups is 1. The third kappa shape index (κ3) is 7.26. The third-order valence-corrected chi connectivity index (χ3v) is 5.08. The summed E-state index contributed by atoms with van der Waals surface area (Å²) in [6.07, 6.45) is -2.82. The Labute approximate surface area is 216 Å². The first-order chi connectivity index (χ1) is 18.0. The second-order valence-corrected chi connectivity index (χ2v) is 8.22. The van der Waals surface area contributed by atoms with E-state index >= 15 is 0 Å². The summed E-state index contributed by atoms with van der Waals surface area (Å²) in [5.74, 6) is -2.10. The molecule has 200 valence electrons. The van der Waals surface area contributed by atoms with Gasteiger partial charge >= 0.3 is 12.1 Å². The van der Waals surface area contributed by atoms with Crippen LogP contribution in [-0.4, -0.2) is 56.8 Å². The van der Waals surface area contributed by atoms with Crippen molar-refractivity contribution in [1.82, 2.24) is 25.1 Å². The number of anilines is 3. The molecule has 4 aromatic rings. The second kappa shape index (κ2) is 12.1. The van der Waals surface area contributed by atoms with Gasteiger partial charge in [0.15, 0.2) is 0 Å². The molecule has 0 saturated heterocycles. The van der Waals surface area contributed by atoms with Gasteiger partial charge in [0.1, 0.15) is 5.82 Å². The number of hydrogen-bond acceptors (Lipinski definition) is 9. The summed E-state index contributed by atoms with van der Waals surface area (Å²) in [5, 5.41) is 17.7. The molecule has 10 nitrogen and oxygen atoms in total. The predicted molar refractivity (Wildman–Crippen MR) is 134 cm³/mol. The molecule has 0 aliphatic heterocycles. The van der Waals surface area contributed by atoms with E-state index in [1.54, 1.807) is 39.2 Å². The van der Waals surface area contributed by atoms with E-state index < -0.39 is 18.0 Å². The molecule has 1 amide bonds. The maximum absolute atomic E-state index is 12.6. The fraction of sp³-hybridized carbons (Fsp3) is 0.240. The zero-order valence-corrected chi connectivity index (χ0v) is 20.8. The Balaban J connectivity index is 0.000000375. The maximum Gasteiger partial charge on any atom is 0.470 e. The molecule has 38 heavy (non-hydrogen) atoms. The lowest BCUT2D eigenvalue weighted by molar-refractivity contribution is -0.156. The Morgan fingerprint density at radius 1 is 1.13 bits per heavy atom. The molecule has 13 heteroatoms. The van der Waals surface area contributed by atoms with Crippen LogP contribution >= 0.6 is 0 Å². The van der Waals surface area contributed by atoms with Gasteiger partial charge < -0.3 is 25.5 Å². The fourth-order valence-corrected chi connectivity index (χ4v) is 3.19. The number of aliphatic hydroxyl groups excluding tert-OH is 1. The molecular formula is C25H26F3N7O3. The van der Waals surface area contributed by atoms with Gasteiger partial charge in [-0.15, -0.1) is 10.2 Å². The van der Waals surface area contributed by atoms with E-state index in [1.165, 1.54) is 16.7 Å². The average Bonchev–Trinajstić information content (AvgIpc) is 3.36. The van der Waals surface area contributed by atoms with Crippen LogP contribution in [0, 0.1) is 6.92 Å². The number of carbonyl (C=O) groups is 1. The molecule has 0 radical (unpaired) electrons. The lowest BCUT2D eigenvalue weighted by Crippen LogP contribution is -2.22. The van der Waals surface area contributed by atoms with Crippen LogP contribution in [0.1, 0.15) is 27.4 Å². The van der Waals surface area contributed by atoms with Crippen LogP contribution in [0.4, 0.5) is 30.6 Å². The molecule has 0 aliphatic rings. The highest BCUT2D eigenvalue weighted by Gasteiger charge is 2.38. The van der Waals surface area contributed by atoms with Gasteiger partial charge in [0.05, 0.1) is 5.56 Å². The van der Waals surface area contributed by atoms with Crippen LogP contribution < -0.4 is 11.1 Å². The summed E-state index contributed by atoms with van der Waals surface area (Å²) in [6.45, 7) is 2.03. The number of halogens is 3. The minimum absolute atomic E-state index is 0.0262.